The standard InChI is InChI=1S/C10H16N2O5/c13-5-1-7(11-3-5)9(15)12-4-6(14)2-8(12)10(16)17/h5-8,11,13-14H,1-4H2,(H,16,17)/t5?,6-,7?,8-/m1/s1. The Bertz CT molecular complexity index is 335. The predicted octanol–water partition coefficient (Wildman–Crippen LogP) is -2.24. The van der Waals surface area contributed by atoms with Gasteiger partial charge < -0.3 is 25.5 Å². The van der Waals surface area contributed by atoms with Crippen molar-refractivity contribution in [2.75, 3.05) is 13.1 Å². The first-order valence-electron chi connectivity index (χ1n) is 5.62. The van der Waals surface area contributed by atoms with Crippen LogP contribution in [0, 0.1) is 0 Å². The minimum absolute atomic E-state index is 0.0457. The van der Waals surface area contributed by atoms with E-state index in [1.807, 2.05) is 0 Å². The number of likely N-dealkylation sites (tertiary alicyclic amines) is 1. The van der Waals surface area contributed by atoms with Gasteiger partial charge in [-0.1, -0.05) is 0 Å². The van der Waals surface area contributed by atoms with Crippen LogP contribution in [0.4, 0.5) is 0 Å². The predicted molar refractivity (Wildman–Crippen MR) is 56.2 cm³/mol. The maximum Gasteiger partial charge on any atom is 0.326 e. The molecule has 4 atom stereocenters. The quantitative estimate of drug-likeness (QED) is 0.437. The SMILES string of the molecule is O=C(O)[C@H]1C[C@@H](O)CN1C(=O)C1CC(O)CN1. The van der Waals surface area contributed by atoms with Crippen LogP contribution in [0.2, 0.25) is 0 Å². The Balaban J connectivity index is 2.05. The van der Waals surface area contributed by atoms with Crippen molar-refractivity contribution in [3.05, 3.63) is 0 Å². The summed E-state index contributed by atoms with van der Waals surface area (Å²) in [6, 6.07) is -1.51. The van der Waals surface area contributed by atoms with Gasteiger partial charge in [0.15, 0.2) is 0 Å². The zero-order valence-corrected chi connectivity index (χ0v) is 9.24. The van der Waals surface area contributed by atoms with E-state index in [0.717, 1.165) is 0 Å². The highest BCUT2D eigenvalue weighted by atomic mass is 16.4. The zero-order valence-electron chi connectivity index (χ0n) is 9.24. The first-order valence-corrected chi connectivity index (χ1v) is 5.62. The summed E-state index contributed by atoms with van der Waals surface area (Å²) in [5, 5.41) is 30.6. The van der Waals surface area contributed by atoms with Crippen molar-refractivity contribution < 1.29 is 24.9 Å². The third-order valence-corrected chi connectivity index (χ3v) is 3.25. The van der Waals surface area contributed by atoms with Crippen LogP contribution in [0.1, 0.15) is 12.8 Å². The lowest BCUT2D eigenvalue weighted by molar-refractivity contribution is -0.148. The summed E-state index contributed by atoms with van der Waals surface area (Å²) < 4.78 is 0. The number of amides is 1. The van der Waals surface area contributed by atoms with Crippen molar-refractivity contribution in [2.45, 2.75) is 37.1 Å². The normalized spacial score (nSPS) is 37.4. The summed E-state index contributed by atoms with van der Waals surface area (Å²) in [5.74, 6) is -1.46. The summed E-state index contributed by atoms with van der Waals surface area (Å²) in [6.07, 6.45) is -1.00. The number of aliphatic carboxylic acids is 1. The van der Waals surface area contributed by atoms with Crippen molar-refractivity contribution >= 4 is 11.9 Å². The van der Waals surface area contributed by atoms with Gasteiger partial charge in [0.05, 0.1) is 18.2 Å². The Labute approximate surface area is 98.0 Å². The van der Waals surface area contributed by atoms with E-state index < -0.39 is 30.3 Å². The zero-order chi connectivity index (χ0) is 12.6. The minimum atomic E-state index is -1.10. The second-order valence-corrected chi connectivity index (χ2v) is 4.58. The summed E-state index contributed by atoms with van der Waals surface area (Å²) in [4.78, 5) is 24.2. The van der Waals surface area contributed by atoms with Crippen LogP contribution >= 0.6 is 0 Å². The average Bonchev–Trinajstić information content (AvgIpc) is 2.83. The lowest BCUT2D eigenvalue weighted by Crippen LogP contribution is -2.48. The first-order chi connectivity index (χ1) is 7.99. The van der Waals surface area contributed by atoms with Gasteiger partial charge in [-0.3, -0.25) is 4.79 Å². The maximum absolute atomic E-state index is 12.0. The number of carbonyl (C=O) groups excluding carboxylic acids is 1. The van der Waals surface area contributed by atoms with Crippen LogP contribution in [-0.2, 0) is 9.59 Å². The molecule has 0 aromatic heterocycles. The number of hydrogen-bond acceptors (Lipinski definition) is 5. The molecular formula is C10H16N2O5. The Morgan fingerprint density at radius 1 is 1.18 bits per heavy atom. The molecule has 0 radical (unpaired) electrons. The Kier molecular flexibility index (Phi) is 3.32. The molecule has 2 rings (SSSR count). The van der Waals surface area contributed by atoms with Crippen LogP contribution < -0.4 is 5.32 Å². The largest absolute Gasteiger partial charge is 0.480 e. The van der Waals surface area contributed by atoms with Gasteiger partial charge in [-0.25, -0.2) is 4.79 Å². The summed E-state index contributed by atoms with van der Waals surface area (Å²) in [5.41, 5.74) is 0. The number of hydrogen-bond donors (Lipinski definition) is 4. The van der Waals surface area contributed by atoms with E-state index in [9.17, 15) is 19.8 Å². The van der Waals surface area contributed by atoms with E-state index >= 15 is 0 Å². The van der Waals surface area contributed by atoms with Crippen molar-refractivity contribution in [3.63, 3.8) is 0 Å². The van der Waals surface area contributed by atoms with Crippen molar-refractivity contribution in [2.24, 2.45) is 0 Å². The van der Waals surface area contributed by atoms with Gasteiger partial charge in [0, 0.05) is 19.5 Å². The van der Waals surface area contributed by atoms with Crippen molar-refractivity contribution in [1.29, 1.82) is 0 Å². The first kappa shape index (κ1) is 12.3. The van der Waals surface area contributed by atoms with Gasteiger partial charge in [-0.05, 0) is 6.42 Å². The highest BCUT2D eigenvalue weighted by molar-refractivity contribution is 5.88. The van der Waals surface area contributed by atoms with Crippen LogP contribution in [-0.4, -0.2) is 69.5 Å². The molecule has 2 aliphatic heterocycles. The van der Waals surface area contributed by atoms with Gasteiger partial charge in [-0.2, -0.15) is 0 Å². The van der Waals surface area contributed by atoms with E-state index in [1.54, 1.807) is 0 Å². The third-order valence-electron chi connectivity index (χ3n) is 3.25. The monoisotopic (exact) mass is 244 g/mol. The molecule has 4 N–H and O–H groups in total. The fraction of sp³-hybridized carbons (Fsp3) is 0.800. The number of carboxylic acids is 1. The molecule has 7 heteroatoms. The maximum atomic E-state index is 12.0. The molecule has 0 spiro atoms. The van der Waals surface area contributed by atoms with Gasteiger partial charge in [0.25, 0.3) is 0 Å². The fourth-order valence-corrected chi connectivity index (χ4v) is 2.40. The molecule has 0 bridgehead atoms. The van der Waals surface area contributed by atoms with Crippen molar-refractivity contribution in [1.82, 2.24) is 10.2 Å². The lowest BCUT2D eigenvalue weighted by Gasteiger charge is -2.24. The summed E-state index contributed by atoms with van der Waals surface area (Å²) in [7, 11) is 0. The highest BCUT2D eigenvalue weighted by Gasteiger charge is 2.42. The molecule has 1 amide bonds. The number of rotatable bonds is 2. The molecule has 0 saturated carbocycles. The van der Waals surface area contributed by atoms with Crippen LogP contribution in [0.5, 0.6) is 0 Å². The Morgan fingerprint density at radius 2 is 1.88 bits per heavy atom. The summed E-state index contributed by atoms with van der Waals surface area (Å²) >= 11 is 0. The molecule has 2 fully saturated rings. The van der Waals surface area contributed by atoms with Gasteiger partial charge >= 0.3 is 5.97 Å². The number of carbonyl (C=O) groups is 2. The van der Waals surface area contributed by atoms with Gasteiger partial charge in [0.2, 0.25) is 5.91 Å². The van der Waals surface area contributed by atoms with Gasteiger partial charge in [0.1, 0.15) is 6.04 Å². The molecule has 17 heavy (non-hydrogen) atoms. The average molecular weight is 244 g/mol. The van der Waals surface area contributed by atoms with Crippen molar-refractivity contribution in [3.8, 4) is 0 Å². The molecule has 0 aromatic rings. The molecular weight excluding hydrogens is 228 g/mol. The van der Waals surface area contributed by atoms with E-state index in [-0.39, 0.29) is 25.3 Å². The smallest absolute Gasteiger partial charge is 0.326 e. The fourth-order valence-electron chi connectivity index (χ4n) is 2.40. The number of nitrogens with zero attached hydrogens (tertiary/aromatic N) is 1. The number of nitrogens with one attached hydrogen (secondary N) is 1. The van der Waals surface area contributed by atoms with Crippen LogP contribution in [0.25, 0.3) is 0 Å². The molecule has 2 heterocycles. The van der Waals surface area contributed by atoms with E-state index in [1.165, 1.54) is 4.90 Å². The lowest BCUT2D eigenvalue weighted by atomic mass is 10.1. The van der Waals surface area contributed by atoms with Crippen LogP contribution in [0.15, 0.2) is 0 Å². The summed E-state index contributed by atoms with van der Waals surface area (Å²) in [6.45, 7) is 0.384. The molecule has 2 aliphatic rings. The second kappa shape index (κ2) is 4.59. The van der Waals surface area contributed by atoms with Gasteiger partial charge in [-0.15, -0.1) is 0 Å². The number of aliphatic hydroxyl groups excluding tert-OH is 2. The van der Waals surface area contributed by atoms with E-state index in [4.69, 9.17) is 5.11 Å². The molecule has 2 saturated heterocycles. The Morgan fingerprint density at radius 3 is 2.41 bits per heavy atom. The molecule has 7 nitrogen and oxygen atoms in total. The molecule has 0 aromatic carbocycles. The molecule has 96 valence electrons. The number of β-amino-alcohol motifs (C(OH)–C–C–N with tert-alkyl or cyclic N) is 2. The minimum Gasteiger partial charge on any atom is -0.480 e. The molecule has 2 unspecified atom stereocenters. The third kappa shape index (κ3) is 2.41. The topological polar surface area (TPSA) is 110 Å². The van der Waals surface area contributed by atoms with Crippen LogP contribution in [0.3, 0.4) is 0 Å². The van der Waals surface area contributed by atoms with E-state index in [0.29, 0.717) is 6.54 Å². The molecule has 0 aliphatic carbocycles. The number of aliphatic hydroxyl groups is 2. The van der Waals surface area contributed by atoms with E-state index in [2.05, 4.69) is 5.32 Å². The second-order valence-electron chi connectivity index (χ2n) is 4.58. The Hall–Kier alpha value is -1.18. The number of carboxylic acid groups (broad SMARTS) is 1. The highest BCUT2D eigenvalue weighted by Crippen LogP contribution is 2.21.